The van der Waals surface area contributed by atoms with Crippen LogP contribution >= 0.6 is 0 Å². The minimum atomic E-state index is -0.199. The van der Waals surface area contributed by atoms with E-state index in [2.05, 4.69) is 125 Å². The fourth-order valence-corrected chi connectivity index (χ4v) is 28.9. The van der Waals surface area contributed by atoms with E-state index in [0.717, 1.165) is 117 Å². The van der Waals surface area contributed by atoms with Gasteiger partial charge in [0.05, 0.1) is 29.6 Å². The molecule has 20 bridgehead atoms. The van der Waals surface area contributed by atoms with E-state index >= 15 is 0 Å². The molecular weight excluding hydrogens is 1360 g/mol. The predicted octanol–water partition coefficient (Wildman–Crippen LogP) is 25.9. The molecule has 20 rings (SSSR count). The Balaban J connectivity index is 0.000000136. The Labute approximate surface area is 674 Å². The minimum Gasteiger partial charge on any atom is -0.458 e. The third-order valence-corrected chi connectivity index (χ3v) is 35.8. The van der Waals surface area contributed by atoms with Gasteiger partial charge >= 0.3 is 29.8 Å². The molecule has 0 N–H and O–H groups in total. The van der Waals surface area contributed by atoms with Crippen LogP contribution < -0.4 is 0 Å². The lowest BCUT2D eigenvalue weighted by Gasteiger charge is -2.65. The molecule has 110 heavy (non-hydrogen) atoms. The van der Waals surface area contributed by atoms with Crippen LogP contribution in [0.2, 0.25) is 0 Å². The van der Waals surface area contributed by atoms with Crippen molar-refractivity contribution < 1.29 is 47.7 Å². The molecule has 0 spiro atoms. The highest BCUT2D eigenvalue weighted by Crippen LogP contribution is 2.69. The van der Waals surface area contributed by atoms with Gasteiger partial charge in [-0.2, -0.15) is 0 Å². The van der Waals surface area contributed by atoms with Crippen LogP contribution in [0.25, 0.3) is 0 Å². The van der Waals surface area contributed by atoms with Crippen LogP contribution in [0.3, 0.4) is 0 Å². The van der Waals surface area contributed by atoms with Crippen molar-refractivity contribution in [3.63, 3.8) is 0 Å². The second-order valence-corrected chi connectivity index (χ2v) is 45.3. The van der Waals surface area contributed by atoms with Crippen LogP contribution in [-0.2, 0) is 47.7 Å². The van der Waals surface area contributed by atoms with Gasteiger partial charge in [0.25, 0.3) is 0 Å². The molecule has 10 heteroatoms. The Morgan fingerprint density at radius 3 is 0.864 bits per heavy atom. The smallest absolute Gasteiger partial charge is 0.309 e. The van der Waals surface area contributed by atoms with E-state index in [4.69, 9.17) is 23.7 Å². The van der Waals surface area contributed by atoms with E-state index in [1.165, 1.54) is 173 Å². The first kappa shape index (κ1) is 88.2. The van der Waals surface area contributed by atoms with Gasteiger partial charge in [0.1, 0.15) is 28.0 Å². The van der Waals surface area contributed by atoms with E-state index in [-0.39, 0.29) is 98.3 Å². The SMILES string of the molecule is CCC(C)C(=O)OC1(C(C)(C)CC)C2CC3CC(C2)CC1C3.CCC(C)C(=O)OC1(C(C)C(C)C)C2CC3CC(C2)CC1C3.CCC(C)C(=O)OC1(CC(C)(C)C)C2CC3CC(C2)CC1C3.CCC(C)C(=O)OC1(CCC(C)C)C2CC3CC(C2)CC1C3.CCC(C)CC1(OC(=O)C(C)CC)C2CC3CC(C2)CC1C3. The third kappa shape index (κ3) is 17.9. The Bertz CT molecular complexity index is 2910. The molecule has 10 nitrogen and oxygen atoms in total. The van der Waals surface area contributed by atoms with Crippen molar-refractivity contribution in [1.82, 2.24) is 0 Å². The van der Waals surface area contributed by atoms with Gasteiger partial charge in [-0.05, 0) is 360 Å². The van der Waals surface area contributed by atoms with Crippen molar-refractivity contribution in [2.24, 2.45) is 182 Å². The van der Waals surface area contributed by atoms with E-state index in [1.807, 2.05) is 34.6 Å². The number of hydrogen-bond acceptors (Lipinski definition) is 10. The number of carbonyl (C=O) groups excluding carboxylic acids is 5. The molecule has 0 aromatic heterocycles. The molecule has 0 saturated heterocycles. The average Bonchev–Trinajstić information content (AvgIpc) is 0.735. The fraction of sp³-hybridized carbons (Fsp3) is 0.950. The van der Waals surface area contributed by atoms with Crippen molar-refractivity contribution >= 4 is 29.8 Å². The van der Waals surface area contributed by atoms with Gasteiger partial charge < -0.3 is 23.7 Å². The van der Waals surface area contributed by atoms with Crippen molar-refractivity contribution in [3.05, 3.63) is 0 Å². The van der Waals surface area contributed by atoms with Crippen LogP contribution in [0.5, 0.6) is 0 Å². The maximum Gasteiger partial charge on any atom is 0.309 e. The first-order valence-electron chi connectivity index (χ1n) is 48.0. The van der Waals surface area contributed by atoms with Crippen LogP contribution in [0.15, 0.2) is 0 Å². The van der Waals surface area contributed by atoms with Crippen LogP contribution in [0, 0.1) is 182 Å². The largest absolute Gasteiger partial charge is 0.458 e. The van der Waals surface area contributed by atoms with E-state index in [9.17, 15) is 24.0 Å². The predicted molar refractivity (Wildman–Crippen MR) is 447 cm³/mol. The molecular formula is C100H170O10. The lowest BCUT2D eigenvalue weighted by molar-refractivity contribution is -0.251. The topological polar surface area (TPSA) is 132 Å². The van der Waals surface area contributed by atoms with Crippen molar-refractivity contribution in [1.29, 1.82) is 0 Å². The number of hydrogen-bond donors (Lipinski definition) is 0. The Morgan fingerprint density at radius 1 is 0.318 bits per heavy atom. The van der Waals surface area contributed by atoms with Crippen molar-refractivity contribution in [3.8, 4) is 0 Å². The number of rotatable bonds is 26. The maximum absolute atomic E-state index is 12.7. The standard InChI is InChI=1S/5C20H34O2/c1-6-13(2)18(21)22-20(12-19(3,4)5)16-8-14-7-15(10-16)11-17(20)9-14;1-6-13(4)19(21)22-20(14(5)12(2)3)17-8-15-7-16(10-17)11-18(20)9-15;1-6-13(3)18(21)22-20(19(4,5)7-2)16-9-14-8-15(11-16)12-17(20)10-14;1-5-14(4)19(21)22-20(7-6-13(2)3)17-9-15-8-16(11-17)12-18(20)10-15;1-5-13(3)12-20(22-19(21)14(4)6-2)17-8-15-7-16(10-17)11-18(20)9-15/h13-17H,6-12H2,1-5H3;12-18H,6-11H2,1-5H3;13-17H,6-12H2,1-5H3;2*13-18H,5-12H2,1-4H3. The molecule has 20 saturated carbocycles. The molecule has 7 atom stereocenters. The van der Waals surface area contributed by atoms with E-state index in [1.54, 1.807) is 0 Å². The summed E-state index contributed by atoms with van der Waals surface area (Å²) < 4.78 is 32.1. The van der Waals surface area contributed by atoms with Gasteiger partial charge in [0.15, 0.2) is 0 Å². The van der Waals surface area contributed by atoms with Gasteiger partial charge in [-0.25, -0.2) is 0 Å². The summed E-state index contributed by atoms with van der Waals surface area (Å²) in [6, 6.07) is 0. The zero-order valence-corrected chi connectivity index (χ0v) is 75.3. The number of carbonyl (C=O) groups is 5. The summed E-state index contributed by atoms with van der Waals surface area (Å²) in [5.41, 5.74) is -0.463. The lowest BCUT2D eigenvalue weighted by atomic mass is 9.44. The first-order valence-corrected chi connectivity index (χ1v) is 48.0. The van der Waals surface area contributed by atoms with Crippen LogP contribution in [0.4, 0.5) is 0 Å². The van der Waals surface area contributed by atoms with Gasteiger partial charge in [0.2, 0.25) is 0 Å². The Kier molecular flexibility index (Phi) is 28.5. The summed E-state index contributed by atoms with van der Waals surface area (Å²) in [6.07, 6.45) is 44.5. The summed E-state index contributed by atoms with van der Waals surface area (Å²) in [5, 5.41) is 0. The summed E-state index contributed by atoms with van der Waals surface area (Å²) >= 11 is 0. The average molecular weight is 1530 g/mol. The van der Waals surface area contributed by atoms with E-state index < -0.39 is 0 Å². The van der Waals surface area contributed by atoms with E-state index in [0.29, 0.717) is 82.9 Å². The maximum atomic E-state index is 12.7. The molecule has 0 radical (unpaired) electrons. The van der Waals surface area contributed by atoms with Crippen molar-refractivity contribution in [2.75, 3.05) is 0 Å². The second kappa shape index (κ2) is 35.5. The molecule has 20 aliphatic carbocycles. The van der Waals surface area contributed by atoms with Gasteiger partial charge in [-0.15, -0.1) is 0 Å². The summed E-state index contributed by atoms with van der Waals surface area (Å²) in [4.78, 5) is 63.2. The normalized spacial score (nSPS) is 41.7. The molecule has 0 aromatic rings. The molecule has 0 aromatic carbocycles. The highest BCUT2D eigenvalue weighted by Gasteiger charge is 2.68. The lowest BCUT2D eigenvalue weighted by Crippen LogP contribution is -2.66. The van der Waals surface area contributed by atoms with Crippen LogP contribution in [-0.4, -0.2) is 57.9 Å². The molecule has 20 aliphatic rings. The van der Waals surface area contributed by atoms with Gasteiger partial charge in [-0.1, -0.05) is 166 Å². The number of ether oxygens (including phenoxy) is 5. The third-order valence-electron chi connectivity index (χ3n) is 35.8. The summed E-state index contributed by atoms with van der Waals surface area (Å²) in [6.45, 7) is 50.5. The van der Waals surface area contributed by atoms with Crippen LogP contribution in [0.1, 0.15) is 390 Å². The van der Waals surface area contributed by atoms with Crippen molar-refractivity contribution in [2.45, 2.75) is 418 Å². The molecule has 0 heterocycles. The summed E-state index contributed by atoms with van der Waals surface area (Å²) in [5.74, 6) is 18.3. The molecule has 0 amide bonds. The summed E-state index contributed by atoms with van der Waals surface area (Å²) in [7, 11) is 0. The first-order chi connectivity index (χ1) is 51.9. The quantitative estimate of drug-likeness (QED) is 0.0609. The number of esters is 5. The molecule has 7 unspecified atom stereocenters. The molecule has 20 fully saturated rings. The van der Waals surface area contributed by atoms with Gasteiger partial charge in [-0.3, -0.25) is 24.0 Å². The fourth-order valence-electron chi connectivity index (χ4n) is 28.9. The minimum absolute atomic E-state index is 0.0294. The molecule has 0 aliphatic heterocycles. The monoisotopic (exact) mass is 1530 g/mol. The highest BCUT2D eigenvalue weighted by atomic mass is 16.6. The molecule has 630 valence electrons. The Hall–Kier alpha value is -2.65. The highest BCUT2D eigenvalue weighted by molar-refractivity contribution is 5.74. The Morgan fingerprint density at radius 2 is 0.582 bits per heavy atom. The zero-order valence-electron chi connectivity index (χ0n) is 75.3. The zero-order chi connectivity index (χ0) is 80.1. The second-order valence-electron chi connectivity index (χ2n) is 45.3. The van der Waals surface area contributed by atoms with Gasteiger partial charge in [0, 0.05) is 17.3 Å².